The normalized spacial score (nSPS) is 12.7. The molecule has 1 amide bonds. The van der Waals surface area contributed by atoms with Crippen LogP contribution in [-0.4, -0.2) is 36.3 Å². The van der Waals surface area contributed by atoms with Gasteiger partial charge in [0.2, 0.25) is 6.41 Å². The Balaban J connectivity index is 1.40. The van der Waals surface area contributed by atoms with E-state index in [2.05, 4.69) is 28.1 Å². The van der Waals surface area contributed by atoms with Crippen molar-refractivity contribution in [3.8, 4) is 5.75 Å². The van der Waals surface area contributed by atoms with Gasteiger partial charge in [-0.25, -0.2) is 0 Å². The van der Waals surface area contributed by atoms with Gasteiger partial charge in [-0.3, -0.25) is 4.79 Å². The summed E-state index contributed by atoms with van der Waals surface area (Å²) in [5.41, 5.74) is 10.4. The molecule has 0 aliphatic carbocycles. The number of hydrogen-bond acceptors (Lipinski definition) is 6. The van der Waals surface area contributed by atoms with Crippen LogP contribution in [0.15, 0.2) is 72.8 Å². The Morgan fingerprint density at radius 1 is 0.938 bits per heavy atom. The molecule has 3 aromatic carbocycles. The van der Waals surface area contributed by atoms with Gasteiger partial charge in [-0.1, -0.05) is 48.5 Å². The van der Waals surface area contributed by atoms with Crippen LogP contribution in [0.1, 0.15) is 28.8 Å². The van der Waals surface area contributed by atoms with Gasteiger partial charge in [0.25, 0.3) is 0 Å². The first-order valence-electron chi connectivity index (χ1n) is 10.6. The Labute approximate surface area is 188 Å². The lowest BCUT2D eigenvalue weighted by Gasteiger charge is -2.15. The number of carbonyl (C=O) groups is 1. The highest BCUT2D eigenvalue weighted by Crippen LogP contribution is 2.26. The fraction of sp³-hybridized carbons (Fsp3) is 0.240. The summed E-state index contributed by atoms with van der Waals surface area (Å²) in [6.45, 7) is 1.73. The number of phenols is 1. The van der Waals surface area contributed by atoms with Crippen molar-refractivity contribution in [3.63, 3.8) is 0 Å². The molecule has 0 radical (unpaired) electrons. The number of aliphatic hydroxyl groups is 1. The summed E-state index contributed by atoms with van der Waals surface area (Å²) in [6.07, 6.45) is 0.564. The molecule has 0 unspecified atom stereocenters. The average Bonchev–Trinajstić information content (AvgIpc) is 2.83. The summed E-state index contributed by atoms with van der Waals surface area (Å²) >= 11 is 0. The van der Waals surface area contributed by atoms with Crippen molar-refractivity contribution in [3.05, 3.63) is 89.5 Å². The van der Waals surface area contributed by atoms with Gasteiger partial charge in [0.1, 0.15) is 5.75 Å². The maximum atomic E-state index is 10.6. The van der Waals surface area contributed by atoms with Gasteiger partial charge in [-0.15, -0.1) is 0 Å². The topological polar surface area (TPSA) is 120 Å². The first kappa shape index (κ1) is 23.3. The van der Waals surface area contributed by atoms with E-state index in [9.17, 15) is 15.0 Å². The summed E-state index contributed by atoms with van der Waals surface area (Å²) in [5.74, 6) is -0.0407. The Morgan fingerprint density at radius 3 is 2.41 bits per heavy atom. The number of carbonyl (C=O) groups excluding carboxylic acids is 1. The maximum Gasteiger partial charge on any atom is 0.211 e. The third-order valence-corrected chi connectivity index (χ3v) is 5.26. The van der Waals surface area contributed by atoms with E-state index >= 15 is 0 Å². The molecule has 7 heteroatoms. The van der Waals surface area contributed by atoms with Crippen LogP contribution < -0.4 is 21.7 Å². The molecule has 0 aromatic heterocycles. The molecule has 3 rings (SSSR count). The van der Waals surface area contributed by atoms with Crippen LogP contribution >= 0.6 is 0 Å². The van der Waals surface area contributed by atoms with E-state index in [0.717, 1.165) is 17.7 Å². The van der Waals surface area contributed by atoms with Crippen LogP contribution in [0.5, 0.6) is 5.75 Å². The standard InChI is InChI=1S/C25H30N4O3/c26-22(19-4-2-1-3-5-19)15-28-21-9-6-18(7-10-21)12-13-27-16-25(32)20-8-11-24(31)23(14-20)29-17-30/h1-11,14,17,22,25,27-28,31-32H,12-13,15-16,26H2,(H,29,30)/t22-,25-/m0/s1. The SMILES string of the molecule is N[C@@H](CNc1ccc(CCNC[C@H](O)c2ccc(O)c(NC=O)c2)cc1)c1ccccc1. The molecule has 0 fully saturated rings. The molecule has 168 valence electrons. The fourth-order valence-electron chi connectivity index (χ4n) is 3.36. The van der Waals surface area contributed by atoms with E-state index in [0.29, 0.717) is 31.6 Å². The van der Waals surface area contributed by atoms with Crippen LogP contribution in [0, 0.1) is 0 Å². The third kappa shape index (κ3) is 6.81. The van der Waals surface area contributed by atoms with Gasteiger partial charge >= 0.3 is 0 Å². The zero-order valence-corrected chi connectivity index (χ0v) is 17.9. The van der Waals surface area contributed by atoms with E-state index in [1.807, 2.05) is 42.5 Å². The van der Waals surface area contributed by atoms with E-state index in [1.165, 1.54) is 11.6 Å². The van der Waals surface area contributed by atoms with E-state index in [4.69, 9.17) is 5.73 Å². The fourth-order valence-corrected chi connectivity index (χ4v) is 3.36. The molecule has 32 heavy (non-hydrogen) atoms. The quantitative estimate of drug-likeness (QED) is 0.148. The molecule has 0 aliphatic rings. The maximum absolute atomic E-state index is 10.6. The van der Waals surface area contributed by atoms with Crippen molar-refractivity contribution in [2.45, 2.75) is 18.6 Å². The second-order valence-electron chi connectivity index (χ2n) is 7.60. The van der Waals surface area contributed by atoms with Crippen LogP contribution in [0.25, 0.3) is 0 Å². The second-order valence-corrected chi connectivity index (χ2v) is 7.60. The average molecular weight is 435 g/mol. The minimum absolute atomic E-state index is 0.0407. The number of hydrogen-bond donors (Lipinski definition) is 6. The number of aromatic hydroxyl groups is 1. The van der Waals surface area contributed by atoms with Gasteiger partial charge in [0.05, 0.1) is 11.8 Å². The van der Waals surface area contributed by atoms with Gasteiger partial charge in [-0.2, -0.15) is 0 Å². The zero-order valence-electron chi connectivity index (χ0n) is 17.9. The minimum Gasteiger partial charge on any atom is -0.506 e. The molecule has 0 heterocycles. The van der Waals surface area contributed by atoms with E-state index in [-0.39, 0.29) is 17.5 Å². The van der Waals surface area contributed by atoms with E-state index < -0.39 is 6.10 Å². The Bertz CT molecular complexity index is 980. The third-order valence-electron chi connectivity index (χ3n) is 5.26. The van der Waals surface area contributed by atoms with Crippen molar-refractivity contribution in [2.75, 3.05) is 30.3 Å². The zero-order chi connectivity index (χ0) is 22.8. The highest BCUT2D eigenvalue weighted by molar-refractivity contribution is 5.75. The molecular formula is C25H30N4O3. The summed E-state index contributed by atoms with van der Waals surface area (Å²) in [5, 5.41) is 29.1. The number of amides is 1. The van der Waals surface area contributed by atoms with Crippen molar-refractivity contribution in [1.82, 2.24) is 5.32 Å². The lowest BCUT2D eigenvalue weighted by Crippen LogP contribution is -2.23. The van der Waals surface area contributed by atoms with Gasteiger partial charge < -0.3 is 31.9 Å². The molecule has 2 atom stereocenters. The van der Waals surface area contributed by atoms with Crippen LogP contribution in [0.3, 0.4) is 0 Å². The second kappa shape index (κ2) is 11.9. The molecule has 0 saturated carbocycles. The van der Waals surface area contributed by atoms with Crippen LogP contribution in [-0.2, 0) is 11.2 Å². The van der Waals surface area contributed by atoms with Gasteiger partial charge in [-0.05, 0) is 53.9 Å². The van der Waals surface area contributed by atoms with Crippen molar-refractivity contribution in [2.24, 2.45) is 5.73 Å². The van der Waals surface area contributed by atoms with Crippen LogP contribution in [0.4, 0.5) is 11.4 Å². The highest BCUT2D eigenvalue weighted by atomic mass is 16.3. The number of benzene rings is 3. The molecule has 0 saturated heterocycles. The number of nitrogens with one attached hydrogen (secondary N) is 3. The molecule has 0 aliphatic heterocycles. The number of nitrogens with two attached hydrogens (primary N) is 1. The van der Waals surface area contributed by atoms with Gasteiger partial charge in [0.15, 0.2) is 0 Å². The minimum atomic E-state index is -0.747. The van der Waals surface area contributed by atoms with Crippen molar-refractivity contribution >= 4 is 17.8 Å². The van der Waals surface area contributed by atoms with Gasteiger partial charge in [0, 0.05) is 24.8 Å². The molecule has 7 nitrogen and oxygen atoms in total. The number of rotatable bonds is 12. The predicted molar refractivity (Wildman–Crippen MR) is 128 cm³/mol. The molecule has 7 N–H and O–H groups in total. The molecule has 0 spiro atoms. The number of phenolic OH excluding ortho intramolecular Hbond substituents is 1. The van der Waals surface area contributed by atoms with Crippen molar-refractivity contribution in [1.29, 1.82) is 0 Å². The first-order valence-corrected chi connectivity index (χ1v) is 10.6. The Morgan fingerprint density at radius 2 is 1.69 bits per heavy atom. The molecule has 0 bridgehead atoms. The van der Waals surface area contributed by atoms with Crippen LogP contribution in [0.2, 0.25) is 0 Å². The number of anilines is 2. The lowest BCUT2D eigenvalue weighted by atomic mass is 10.1. The van der Waals surface area contributed by atoms with E-state index in [1.54, 1.807) is 12.1 Å². The summed E-state index contributed by atoms with van der Waals surface area (Å²) in [6, 6.07) is 22.8. The smallest absolute Gasteiger partial charge is 0.211 e. The molecule has 3 aromatic rings. The molecular weight excluding hydrogens is 404 g/mol. The summed E-state index contributed by atoms with van der Waals surface area (Å²) in [4.78, 5) is 10.6. The summed E-state index contributed by atoms with van der Waals surface area (Å²) < 4.78 is 0. The monoisotopic (exact) mass is 434 g/mol. The predicted octanol–water partition coefficient (Wildman–Crippen LogP) is 2.94. The highest BCUT2D eigenvalue weighted by Gasteiger charge is 2.10. The lowest BCUT2D eigenvalue weighted by molar-refractivity contribution is -0.105. The first-order chi connectivity index (χ1) is 15.6. The Kier molecular flexibility index (Phi) is 8.62. The van der Waals surface area contributed by atoms with Crippen molar-refractivity contribution < 1.29 is 15.0 Å². The largest absolute Gasteiger partial charge is 0.506 e. The summed E-state index contributed by atoms with van der Waals surface area (Å²) in [7, 11) is 0. The number of aliphatic hydroxyl groups excluding tert-OH is 1. The Hall–Kier alpha value is -3.39.